The van der Waals surface area contributed by atoms with Gasteiger partial charge in [0.2, 0.25) is 5.13 Å². The Morgan fingerprint density at radius 3 is 2.70 bits per heavy atom. The van der Waals surface area contributed by atoms with Crippen LogP contribution in [0, 0.1) is 5.82 Å². The summed E-state index contributed by atoms with van der Waals surface area (Å²) >= 11 is 1.29. The number of benzene rings is 1. The third-order valence-electron chi connectivity index (χ3n) is 5.13. The first-order valence-electron chi connectivity index (χ1n) is 9.66. The smallest absolute Gasteiger partial charge is 0.466 e. The lowest BCUT2D eigenvalue weighted by atomic mass is 9.76. The van der Waals surface area contributed by atoms with Gasteiger partial charge in [-0.15, -0.1) is 11.3 Å². The van der Waals surface area contributed by atoms with Crippen molar-refractivity contribution < 1.29 is 23.2 Å². The third-order valence-corrected chi connectivity index (χ3v) is 5.93. The number of rotatable bonds is 7. The first kappa shape index (κ1) is 22.4. The van der Waals surface area contributed by atoms with E-state index in [9.17, 15) is 9.18 Å². The van der Waals surface area contributed by atoms with Crippen molar-refractivity contribution in [1.29, 1.82) is 0 Å². The summed E-state index contributed by atoms with van der Waals surface area (Å²) < 4.78 is 31.5. The number of esters is 1. The second-order valence-corrected chi connectivity index (χ2v) is 8.68. The summed E-state index contributed by atoms with van der Waals surface area (Å²) in [5.74, 6) is -0.772. The molecule has 0 unspecified atom stereocenters. The molecule has 0 spiro atoms. The highest BCUT2D eigenvalue weighted by Crippen LogP contribution is 2.36. The van der Waals surface area contributed by atoms with Crippen LogP contribution in [-0.2, 0) is 25.3 Å². The molecule has 2 aromatic rings. The number of hydrogen-bond donors (Lipinski definition) is 1. The minimum Gasteiger partial charge on any atom is -0.466 e. The Morgan fingerprint density at radius 1 is 1.33 bits per heavy atom. The molecule has 7 nitrogen and oxygen atoms in total. The van der Waals surface area contributed by atoms with E-state index in [0.717, 1.165) is 0 Å². The van der Waals surface area contributed by atoms with Crippen molar-refractivity contribution in [2.45, 2.75) is 52.2 Å². The van der Waals surface area contributed by atoms with Crippen molar-refractivity contribution in [3.63, 3.8) is 0 Å². The Kier molecular flexibility index (Phi) is 6.59. The number of hydrazone groups is 1. The van der Waals surface area contributed by atoms with Crippen molar-refractivity contribution in [2.24, 2.45) is 5.10 Å². The van der Waals surface area contributed by atoms with E-state index in [2.05, 4.69) is 15.5 Å². The summed E-state index contributed by atoms with van der Waals surface area (Å²) in [5, 5.41) is 6.34. The lowest BCUT2D eigenvalue weighted by Crippen LogP contribution is -2.41. The minimum absolute atomic E-state index is 0.0924. The standard InChI is InChI=1S/C20H25BFN3O4S/c1-6-27-17(26)10-13-12-30-18(24-13)25-23-11-14-15(8-7-9-16(14)22)21-28-19(2,3)20(4,5)29-21/h7-9,11-12H,6,10H2,1-5H3,(H,24,25). The SMILES string of the molecule is CCOC(=O)Cc1csc(NN=Cc2c(F)cccc2B2OC(C)(C)C(C)(C)O2)n1. The number of ether oxygens (including phenoxy) is 1. The number of nitrogens with one attached hydrogen (secondary N) is 1. The van der Waals surface area contributed by atoms with Gasteiger partial charge in [0, 0.05) is 10.9 Å². The van der Waals surface area contributed by atoms with Crippen LogP contribution in [0.1, 0.15) is 45.9 Å². The van der Waals surface area contributed by atoms with Gasteiger partial charge in [-0.25, -0.2) is 9.37 Å². The van der Waals surface area contributed by atoms with Crippen LogP contribution >= 0.6 is 11.3 Å². The number of thiazole rings is 1. The molecule has 0 radical (unpaired) electrons. The topological polar surface area (TPSA) is 82.0 Å². The monoisotopic (exact) mass is 433 g/mol. The fourth-order valence-corrected chi connectivity index (χ4v) is 3.48. The maximum atomic E-state index is 14.5. The Hall–Kier alpha value is -2.30. The van der Waals surface area contributed by atoms with Gasteiger partial charge in [0.05, 0.1) is 36.1 Å². The number of hydrogen-bond acceptors (Lipinski definition) is 8. The lowest BCUT2D eigenvalue weighted by molar-refractivity contribution is -0.142. The van der Waals surface area contributed by atoms with Crippen molar-refractivity contribution in [3.8, 4) is 0 Å². The molecular formula is C20H25BFN3O4S. The molecule has 30 heavy (non-hydrogen) atoms. The molecule has 0 aliphatic carbocycles. The summed E-state index contributed by atoms with van der Waals surface area (Å²) in [6.07, 6.45) is 1.47. The number of carbonyl (C=O) groups is 1. The van der Waals surface area contributed by atoms with E-state index >= 15 is 0 Å². The highest BCUT2D eigenvalue weighted by atomic mass is 32.1. The molecule has 2 heterocycles. The van der Waals surface area contributed by atoms with Crippen LogP contribution in [0.2, 0.25) is 0 Å². The fraction of sp³-hybridized carbons (Fsp3) is 0.450. The number of halogens is 1. The van der Waals surface area contributed by atoms with Crippen LogP contribution in [-0.4, -0.2) is 42.1 Å². The Bertz CT molecular complexity index is 932. The van der Waals surface area contributed by atoms with E-state index in [1.54, 1.807) is 24.4 Å². The fourth-order valence-electron chi connectivity index (χ4n) is 2.82. The van der Waals surface area contributed by atoms with Crippen LogP contribution < -0.4 is 10.9 Å². The first-order valence-corrected chi connectivity index (χ1v) is 10.5. The first-order chi connectivity index (χ1) is 14.1. The maximum absolute atomic E-state index is 14.5. The summed E-state index contributed by atoms with van der Waals surface area (Å²) in [6.45, 7) is 9.85. The summed E-state index contributed by atoms with van der Waals surface area (Å²) in [6, 6.07) is 4.73. The van der Waals surface area contributed by atoms with Gasteiger partial charge in [0.25, 0.3) is 0 Å². The predicted octanol–water partition coefficient (Wildman–Crippen LogP) is 3.13. The molecular weight excluding hydrogens is 408 g/mol. The van der Waals surface area contributed by atoms with E-state index in [4.69, 9.17) is 14.0 Å². The minimum atomic E-state index is -0.705. The summed E-state index contributed by atoms with van der Waals surface area (Å²) in [7, 11) is -0.705. The van der Waals surface area contributed by atoms with Crippen LogP contribution in [0.15, 0.2) is 28.7 Å². The molecule has 0 atom stereocenters. The quantitative estimate of drug-likeness (QED) is 0.313. The highest BCUT2D eigenvalue weighted by molar-refractivity contribution is 7.13. The second-order valence-electron chi connectivity index (χ2n) is 7.83. The molecule has 1 saturated heterocycles. The molecule has 3 rings (SSSR count). The molecule has 1 aromatic carbocycles. The molecule has 1 fully saturated rings. The molecule has 160 valence electrons. The Balaban J connectivity index is 1.73. The molecule has 0 amide bonds. The molecule has 10 heteroatoms. The van der Waals surface area contributed by atoms with Gasteiger partial charge in [0.1, 0.15) is 5.82 Å². The van der Waals surface area contributed by atoms with E-state index in [1.165, 1.54) is 23.6 Å². The van der Waals surface area contributed by atoms with Gasteiger partial charge in [-0.1, -0.05) is 12.1 Å². The molecule has 1 aliphatic rings. The van der Waals surface area contributed by atoms with Gasteiger partial charge >= 0.3 is 13.1 Å². The Morgan fingerprint density at radius 2 is 2.03 bits per heavy atom. The normalized spacial score (nSPS) is 17.5. The molecule has 1 aromatic heterocycles. The van der Waals surface area contributed by atoms with E-state index in [0.29, 0.717) is 22.9 Å². The van der Waals surface area contributed by atoms with E-state index < -0.39 is 24.1 Å². The molecule has 1 N–H and O–H groups in total. The molecule has 0 bridgehead atoms. The average molecular weight is 433 g/mol. The lowest BCUT2D eigenvalue weighted by Gasteiger charge is -2.32. The van der Waals surface area contributed by atoms with Gasteiger partial charge < -0.3 is 14.0 Å². The maximum Gasteiger partial charge on any atom is 0.495 e. The largest absolute Gasteiger partial charge is 0.495 e. The zero-order chi connectivity index (χ0) is 21.9. The van der Waals surface area contributed by atoms with Crippen molar-refractivity contribution in [3.05, 3.63) is 40.7 Å². The van der Waals surface area contributed by atoms with Crippen molar-refractivity contribution in [2.75, 3.05) is 12.0 Å². The van der Waals surface area contributed by atoms with Gasteiger partial charge in [-0.05, 0) is 46.1 Å². The summed E-state index contributed by atoms with van der Waals surface area (Å²) in [5.41, 5.74) is 3.11. The highest BCUT2D eigenvalue weighted by Gasteiger charge is 2.52. The van der Waals surface area contributed by atoms with E-state index in [1.807, 2.05) is 27.7 Å². The number of anilines is 1. The molecule has 1 aliphatic heterocycles. The predicted molar refractivity (Wildman–Crippen MR) is 116 cm³/mol. The van der Waals surface area contributed by atoms with Crippen LogP contribution in [0.25, 0.3) is 0 Å². The zero-order valence-electron chi connectivity index (χ0n) is 17.7. The number of nitrogens with zero attached hydrogens (tertiary/aromatic N) is 2. The average Bonchev–Trinajstić information content (AvgIpc) is 3.17. The third kappa shape index (κ3) is 4.88. The van der Waals surface area contributed by atoms with Crippen LogP contribution in [0.5, 0.6) is 0 Å². The van der Waals surface area contributed by atoms with E-state index in [-0.39, 0.29) is 18.0 Å². The van der Waals surface area contributed by atoms with Gasteiger partial charge in [-0.2, -0.15) is 5.10 Å². The van der Waals surface area contributed by atoms with Crippen molar-refractivity contribution in [1.82, 2.24) is 4.98 Å². The zero-order valence-corrected chi connectivity index (χ0v) is 18.5. The number of aromatic nitrogens is 1. The van der Waals surface area contributed by atoms with Crippen LogP contribution in [0.3, 0.4) is 0 Å². The Labute approximate surface area is 179 Å². The molecule has 0 saturated carbocycles. The van der Waals surface area contributed by atoms with Gasteiger partial charge in [-0.3, -0.25) is 10.2 Å². The number of carbonyl (C=O) groups excluding carboxylic acids is 1. The van der Waals surface area contributed by atoms with Crippen molar-refractivity contribution >= 4 is 41.2 Å². The van der Waals surface area contributed by atoms with Gasteiger partial charge in [0.15, 0.2) is 0 Å². The van der Waals surface area contributed by atoms with Crippen LogP contribution in [0.4, 0.5) is 9.52 Å². The summed E-state index contributed by atoms with van der Waals surface area (Å²) in [4.78, 5) is 15.8. The second kappa shape index (κ2) is 8.83.